The lowest BCUT2D eigenvalue weighted by Gasteiger charge is -2.20. The second-order valence-corrected chi connectivity index (χ2v) is 7.29. The molecular weight excluding hydrogens is 214 g/mol. The predicted molar refractivity (Wildman–Crippen MR) is 62.1 cm³/mol. The molecule has 0 fully saturated rings. The summed E-state index contributed by atoms with van der Waals surface area (Å²) in [6.07, 6.45) is -0.625. The fourth-order valence-electron chi connectivity index (χ4n) is 1.07. The average Bonchev–Trinajstić information content (AvgIpc) is 1.95. The quantitative estimate of drug-likeness (QED) is 0.748. The summed E-state index contributed by atoms with van der Waals surface area (Å²) in [5, 5.41) is 9.46. The number of hydrogen-bond donors (Lipinski definition) is 2. The van der Waals surface area contributed by atoms with Crippen molar-refractivity contribution in [3.05, 3.63) is 0 Å². The van der Waals surface area contributed by atoms with Crippen molar-refractivity contribution in [2.75, 3.05) is 12.3 Å². The average molecular weight is 237 g/mol. The topological polar surface area (TPSA) is 66.4 Å². The Hall–Kier alpha value is -0.130. The van der Waals surface area contributed by atoms with Gasteiger partial charge in [0.1, 0.15) is 0 Å². The van der Waals surface area contributed by atoms with Crippen LogP contribution in [0.15, 0.2) is 0 Å². The molecule has 0 aliphatic carbocycles. The number of rotatable bonds is 5. The third-order valence-electron chi connectivity index (χ3n) is 1.90. The van der Waals surface area contributed by atoms with E-state index >= 15 is 0 Å². The fourth-order valence-corrected chi connectivity index (χ4v) is 2.74. The molecule has 1 atom stereocenters. The minimum Gasteiger partial charge on any atom is -0.391 e. The first kappa shape index (κ1) is 14.9. The summed E-state index contributed by atoms with van der Waals surface area (Å²) in [5.41, 5.74) is -0.269. The standard InChI is InChI=1S/C10H23NO3S/c1-8(2)9(12)6-11-15(13,14)7-10(3,4)5/h8-9,11-12H,6-7H2,1-5H3. The molecule has 0 aliphatic heterocycles. The van der Waals surface area contributed by atoms with Crippen LogP contribution in [-0.4, -0.2) is 31.9 Å². The second kappa shape index (κ2) is 5.27. The highest BCUT2D eigenvalue weighted by atomic mass is 32.2. The van der Waals surface area contributed by atoms with E-state index < -0.39 is 16.1 Å². The molecule has 0 aromatic rings. The van der Waals surface area contributed by atoms with Gasteiger partial charge in [0, 0.05) is 6.54 Å². The van der Waals surface area contributed by atoms with Crippen LogP contribution in [0.4, 0.5) is 0 Å². The van der Waals surface area contributed by atoms with Crippen LogP contribution in [0.5, 0.6) is 0 Å². The summed E-state index contributed by atoms with van der Waals surface area (Å²) in [6, 6.07) is 0. The van der Waals surface area contributed by atoms with Gasteiger partial charge in [-0.05, 0) is 11.3 Å². The maximum absolute atomic E-state index is 11.6. The van der Waals surface area contributed by atoms with Crippen LogP contribution in [0.3, 0.4) is 0 Å². The van der Waals surface area contributed by atoms with Gasteiger partial charge in [-0.1, -0.05) is 34.6 Å². The smallest absolute Gasteiger partial charge is 0.212 e. The van der Waals surface area contributed by atoms with Gasteiger partial charge in [0.25, 0.3) is 0 Å². The number of aliphatic hydroxyl groups excluding tert-OH is 1. The summed E-state index contributed by atoms with van der Waals surface area (Å²) < 4.78 is 25.5. The molecule has 0 radical (unpaired) electrons. The number of aliphatic hydroxyl groups is 1. The lowest BCUT2D eigenvalue weighted by Crippen LogP contribution is -2.38. The highest BCUT2D eigenvalue weighted by Crippen LogP contribution is 2.15. The monoisotopic (exact) mass is 237 g/mol. The van der Waals surface area contributed by atoms with Gasteiger partial charge in [-0.2, -0.15) is 0 Å². The third kappa shape index (κ3) is 7.76. The Bertz CT molecular complexity index is 278. The largest absolute Gasteiger partial charge is 0.391 e. The first-order valence-corrected chi connectivity index (χ1v) is 6.84. The van der Waals surface area contributed by atoms with E-state index in [0.29, 0.717) is 0 Å². The molecule has 0 aromatic carbocycles. The van der Waals surface area contributed by atoms with Gasteiger partial charge in [0.15, 0.2) is 0 Å². The Balaban J connectivity index is 4.18. The molecule has 0 bridgehead atoms. The van der Waals surface area contributed by atoms with Gasteiger partial charge in [-0.25, -0.2) is 13.1 Å². The lowest BCUT2D eigenvalue weighted by molar-refractivity contribution is 0.129. The molecule has 15 heavy (non-hydrogen) atoms. The van der Waals surface area contributed by atoms with E-state index in [-0.39, 0.29) is 23.6 Å². The van der Waals surface area contributed by atoms with Crippen LogP contribution in [-0.2, 0) is 10.0 Å². The van der Waals surface area contributed by atoms with E-state index in [2.05, 4.69) is 4.72 Å². The molecule has 0 saturated carbocycles. The summed E-state index contributed by atoms with van der Waals surface area (Å²) in [7, 11) is -3.28. The van der Waals surface area contributed by atoms with Crippen LogP contribution >= 0.6 is 0 Å². The highest BCUT2D eigenvalue weighted by Gasteiger charge is 2.22. The predicted octanol–water partition coefficient (Wildman–Crippen LogP) is 0.969. The molecule has 1 unspecified atom stereocenters. The summed E-state index contributed by atoms with van der Waals surface area (Å²) in [6.45, 7) is 9.39. The third-order valence-corrected chi connectivity index (χ3v) is 3.76. The van der Waals surface area contributed by atoms with E-state index in [9.17, 15) is 13.5 Å². The van der Waals surface area contributed by atoms with Crippen molar-refractivity contribution >= 4 is 10.0 Å². The normalized spacial score (nSPS) is 15.7. The van der Waals surface area contributed by atoms with E-state index in [0.717, 1.165) is 0 Å². The molecule has 5 heteroatoms. The SMILES string of the molecule is CC(C)C(O)CNS(=O)(=O)CC(C)(C)C. The van der Waals surface area contributed by atoms with E-state index in [1.807, 2.05) is 34.6 Å². The second-order valence-electron chi connectivity index (χ2n) is 5.48. The molecular formula is C10H23NO3S. The molecule has 2 N–H and O–H groups in total. The zero-order valence-electron chi connectivity index (χ0n) is 10.2. The Labute approximate surface area is 93.1 Å². The zero-order chi connectivity index (χ0) is 12.3. The molecule has 0 saturated heterocycles. The molecule has 92 valence electrons. The van der Waals surface area contributed by atoms with Crippen molar-refractivity contribution in [3.63, 3.8) is 0 Å². The van der Waals surface area contributed by atoms with Crippen molar-refractivity contribution in [2.45, 2.75) is 40.7 Å². The van der Waals surface area contributed by atoms with Gasteiger partial charge in [-0.3, -0.25) is 0 Å². The Kier molecular flexibility index (Phi) is 5.23. The molecule has 4 nitrogen and oxygen atoms in total. The summed E-state index contributed by atoms with van der Waals surface area (Å²) >= 11 is 0. The first-order valence-electron chi connectivity index (χ1n) is 5.19. The van der Waals surface area contributed by atoms with Crippen molar-refractivity contribution in [1.82, 2.24) is 4.72 Å². The van der Waals surface area contributed by atoms with E-state index in [4.69, 9.17) is 0 Å². The molecule has 0 spiro atoms. The minimum absolute atomic E-state index is 0.0577. The number of nitrogens with one attached hydrogen (secondary N) is 1. The van der Waals surface area contributed by atoms with Gasteiger partial charge in [0.2, 0.25) is 10.0 Å². The van der Waals surface area contributed by atoms with Gasteiger partial charge >= 0.3 is 0 Å². The van der Waals surface area contributed by atoms with E-state index in [1.165, 1.54) is 0 Å². The van der Waals surface area contributed by atoms with Gasteiger partial charge in [-0.15, -0.1) is 0 Å². The van der Waals surface area contributed by atoms with Crippen molar-refractivity contribution in [2.24, 2.45) is 11.3 Å². The molecule has 0 amide bonds. The van der Waals surface area contributed by atoms with Crippen molar-refractivity contribution < 1.29 is 13.5 Å². The van der Waals surface area contributed by atoms with Gasteiger partial charge < -0.3 is 5.11 Å². The molecule has 0 heterocycles. The lowest BCUT2D eigenvalue weighted by atomic mass is 10.0. The molecule has 0 rings (SSSR count). The Morgan fingerprint density at radius 3 is 2.07 bits per heavy atom. The van der Waals surface area contributed by atoms with Crippen LogP contribution in [0, 0.1) is 11.3 Å². The van der Waals surface area contributed by atoms with Crippen molar-refractivity contribution in [1.29, 1.82) is 0 Å². The van der Waals surface area contributed by atoms with E-state index in [1.54, 1.807) is 0 Å². The van der Waals surface area contributed by atoms with Crippen molar-refractivity contribution in [3.8, 4) is 0 Å². The minimum atomic E-state index is -3.28. The maximum Gasteiger partial charge on any atom is 0.212 e. The maximum atomic E-state index is 11.6. The van der Waals surface area contributed by atoms with Crippen LogP contribution in [0.2, 0.25) is 0 Å². The molecule has 0 aliphatic rings. The van der Waals surface area contributed by atoms with Crippen LogP contribution in [0.25, 0.3) is 0 Å². The summed E-state index contributed by atoms with van der Waals surface area (Å²) in [4.78, 5) is 0. The highest BCUT2D eigenvalue weighted by molar-refractivity contribution is 7.89. The van der Waals surface area contributed by atoms with Gasteiger partial charge in [0.05, 0.1) is 11.9 Å². The first-order chi connectivity index (χ1) is 6.53. The zero-order valence-corrected chi connectivity index (χ0v) is 11.1. The number of hydrogen-bond acceptors (Lipinski definition) is 3. The number of sulfonamides is 1. The molecule has 0 aromatic heterocycles. The van der Waals surface area contributed by atoms with Crippen LogP contribution in [0.1, 0.15) is 34.6 Å². The fraction of sp³-hybridized carbons (Fsp3) is 1.00. The van der Waals surface area contributed by atoms with Crippen LogP contribution < -0.4 is 4.72 Å². The Morgan fingerprint density at radius 2 is 1.73 bits per heavy atom. The summed E-state index contributed by atoms with van der Waals surface area (Å²) in [5.74, 6) is 0.132. The Morgan fingerprint density at radius 1 is 1.27 bits per heavy atom.